The molecule has 0 aromatic heterocycles. The molecule has 10 heteroatoms. The molecule has 1 atom stereocenters. The number of carbonyl (C=O) groups excluding carboxylic acids is 2. The number of nitrogens with zero attached hydrogens (tertiary/aromatic N) is 2. The summed E-state index contributed by atoms with van der Waals surface area (Å²) >= 11 is 0. The lowest BCUT2D eigenvalue weighted by Gasteiger charge is -2.32. The average molecular weight is 488 g/mol. The zero-order valence-electron chi connectivity index (χ0n) is 19.5. The number of amides is 2. The molecule has 1 aliphatic rings. The number of carbonyl (C=O) groups is 2. The Morgan fingerprint density at radius 3 is 2.15 bits per heavy atom. The fourth-order valence-corrected chi connectivity index (χ4v) is 2.63. The Balaban J connectivity index is 0.000000602. The van der Waals surface area contributed by atoms with Crippen LogP contribution in [-0.2, 0) is 9.59 Å². The van der Waals surface area contributed by atoms with Gasteiger partial charge in [0.2, 0.25) is 12.3 Å². The maximum atomic E-state index is 12.3. The highest BCUT2D eigenvalue weighted by Gasteiger charge is 2.23. The Bertz CT molecular complexity index is 801. The van der Waals surface area contributed by atoms with E-state index in [2.05, 4.69) is 16.6 Å². The molecule has 0 spiro atoms. The highest BCUT2D eigenvalue weighted by atomic mass is 31.0. The second kappa shape index (κ2) is 15.9. The number of piperazine rings is 1. The van der Waals surface area contributed by atoms with Gasteiger partial charge < -0.3 is 19.9 Å². The topological polar surface area (TPSA) is 61.9 Å². The van der Waals surface area contributed by atoms with E-state index < -0.39 is 11.7 Å². The summed E-state index contributed by atoms with van der Waals surface area (Å²) in [6, 6.07) is 6.27. The molecule has 2 rings (SSSR count). The van der Waals surface area contributed by atoms with Crippen LogP contribution < -0.4 is 10.1 Å². The van der Waals surface area contributed by atoms with Crippen LogP contribution in [0.15, 0.2) is 60.5 Å². The third-order valence-electron chi connectivity index (χ3n) is 4.11. The van der Waals surface area contributed by atoms with Gasteiger partial charge in [-0.05, 0) is 46.5 Å². The van der Waals surface area contributed by atoms with Crippen molar-refractivity contribution in [2.45, 2.75) is 26.6 Å². The van der Waals surface area contributed by atoms with E-state index in [0.717, 1.165) is 12.1 Å². The smallest absolute Gasteiger partial charge is 0.408 e. The molecule has 1 aromatic carbocycles. The van der Waals surface area contributed by atoms with E-state index in [4.69, 9.17) is 0 Å². The van der Waals surface area contributed by atoms with Gasteiger partial charge >= 0.3 is 5.85 Å². The van der Waals surface area contributed by atoms with Crippen molar-refractivity contribution < 1.29 is 27.5 Å². The molecule has 1 fully saturated rings. The molecule has 0 aliphatic carbocycles. The lowest BCUT2D eigenvalue weighted by atomic mass is 10.2. The summed E-state index contributed by atoms with van der Waals surface area (Å²) in [6.07, 6.45) is 5.00. The molecule has 1 aromatic rings. The van der Waals surface area contributed by atoms with Gasteiger partial charge in [0.25, 0.3) is 0 Å². The summed E-state index contributed by atoms with van der Waals surface area (Å²) in [7, 11) is 3.07. The van der Waals surface area contributed by atoms with Crippen LogP contribution in [0.5, 0.6) is 5.75 Å². The Morgan fingerprint density at radius 1 is 1.18 bits per heavy atom. The second-order valence-corrected chi connectivity index (χ2v) is 7.20. The number of rotatable bonds is 7. The Morgan fingerprint density at radius 2 is 1.73 bits per heavy atom. The summed E-state index contributed by atoms with van der Waals surface area (Å²) in [6.45, 7) is 10.9. The predicted molar refractivity (Wildman–Crippen MR) is 130 cm³/mol. The molecule has 2 amide bonds. The number of hydrogen-bond acceptors (Lipinski definition) is 4. The van der Waals surface area contributed by atoms with Gasteiger partial charge in [-0.15, -0.1) is 0 Å². The van der Waals surface area contributed by atoms with Gasteiger partial charge in [0.15, 0.2) is 0 Å². The van der Waals surface area contributed by atoms with E-state index in [9.17, 15) is 22.8 Å². The minimum atomic E-state index is -3.21. The van der Waals surface area contributed by atoms with Gasteiger partial charge in [0.1, 0.15) is 11.6 Å². The first kappa shape index (κ1) is 30.2. The van der Waals surface area contributed by atoms with Crippen LogP contribution in [-0.4, -0.2) is 61.2 Å². The lowest BCUT2D eigenvalue weighted by Crippen LogP contribution is -2.48. The number of nitrogens with one attached hydrogen (secondary N) is 1. The third-order valence-corrected chi connectivity index (χ3v) is 4.23. The minimum absolute atomic E-state index is 0.0883. The zero-order valence-corrected chi connectivity index (χ0v) is 20.6. The Labute approximate surface area is 196 Å². The van der Waals surface area contributed by atoms with E-state index in [0.29, 0.717) is 31.8 Å². The fourth-order valence-electron chi connectivity index (χ4n) is 2.49. The number of ether oxygens (including phenoxy) is 1. The molecule has 0 saturated carbocycles. The number of anilines is 1. The van der Waals surface area contributed by atoms with Crippen LogP contribution in [0.1, 0.15) is 20.8 Å². The van der Waals surface area contributed by atoms with Crippen molar-refractivity contribution >= 4 is 27.2 Å². The summed E-state index contributed by atoms with van der Waals surface area (Å²) in [4.78, 5) is 25.8. The molecule has 184 valence electrons. The van der Waals surface area contributed by atoms with Crippen LogP contribution >= 0.6 is 9.24 Å². The molecule has 1 unspecified atom stereocenters. The van der Waals surface area contributed by atoms with E-state index in [1.165, 1.54) is 33.5 Å². The first-order valence-electron chi connectivity index (χ1n) is 10.4. The Hall–Kier alpha value is -2.80. The number of benzene rings is 1. The van der Waals surface area contributed by atoms with Gasteiger partial charge in [-0.2, -0.15) is 8.78 Å². The molecule has 1 N–H and O–H groups in total. The summed E-state index contributed by atoms with van der Waals surface area (Å²) in [5, 5.41) is 2.87. The van der Waals surface area contributed by atoms with Crippen LogP contribution in [0.4, 0.5) is 18.9 Å². The van der Waals surface area contributed by atoms with Crippen molar-refractivity contribution in [2.75, 3.05) is 38.5 Å². The van der Waals surface area contributed by atoms with Crippen molar-refractivity contribution in [1.29, 1.82) is 0 Å². The second-order valence-electron chi connectivity index (χ2n) is 6.53. The van der Waals surface area contributed by atoms with E-state index in [-0.39, 0.29) is 11.7 Å². The fraction of sp³-hybridized carbons (Fsp3) is 0.391. The van der Waals surface area contributed by atoms with Crippen LogP contribution in [0.3, 0.4) is 0 Å². The number of allylic oxidation sites excluding steroid dienone is 4. The van der Waals surface area contributed by atoms with Crippen molar-refractivity contribution in [3.8, 4) is 5.75 Å². The highest BCUT2D eigenvalue weighted by Crippen LogP contribution is 2.27. The molecule has 0 radical (unpaired) electrons. The van der Waals surface area contributed by atoms with Crippen molar-refractivity contribution in [3.05, 3.63) is 60.5 Å². The van der Waals surface area contributed by atoms with Crippen molar-refractivity contribution in [1.82, 2.24) is 9.80 Å². The van der Waals surface area contributed by atoms with Gasteiger partial charge in [-0.25, -0.2) is 4.39 Å². The van der Waals surface area contributed by atoms with E-state index in [1.54, 1.807) is 42.0 Å². The van der Waals surface area contributed by atoms with E-state index >= 15 is 0 Å². The molecule has 33 heavy (non-hydrogen) atoms. The average Bonchev–Trinajstić information content (AvgIpc) is 2.79. The normalized spacial score (nSPS) is 13.9. The zero-order chi connectivity index (χ0) is 25.4. The first-order chi connectivity index (χ1) is 15.6. The molecular weight excluding hydrogens is 454 g/mol. The van der Waals surface area contributed by atoms with Gasteiger partial charge in [0, 0.05) is 44.5 Å². The van der Waals surface area contributed by atoms with Crippen LogP contribution in [0.25, 0.3) is 0 Å². The predicted octanol–water partition coefficient (Wildman–Crippen LogP) is 4.83. The van der Waals surface area contributed by atoms with Crippen molar-refractivity contribution in [3.63, 3.8) is 0 Å². The Kier molecular flexibility index (Phi) is 14.6. The quantitative estimate of drug-likeness (QED) is 0.259. The number of hydrogen-bond donors (Lipinski definition) is 1. The first-order valence-corrected chi connectivity index (χ1v) is 10.9. The monoisotopic (exact) mass is 487 g/mol. The molecule has 1 heterocycles. The minimum Gasteiger partial charge on any atom is -0.430 e. The van der Waals surface area contributed by atoms with Gasteiger partial charge in [0.05, 0.1) is 0 Å². The highest BCUT2D eigenvalue weighted by molar-refractivity contribution is 7.17. The molecule has 6 nitrogen and oxygen atoms in total. The standard InChI is InChI=1S/C13H17FN2O2.C8H10F2NOP.C2H6/c1-11(4-3-5-12(2)14)13(18)16-8-6-15(10-17)7-9-16;1-11-6-2-4-7(5-3-6)12-8(9,10)13;1-2/h3-5,10H,2,6-9H2,1H3;2-5,11H,13H2,1H3;1-2H3/b5-3-,11-4+;;. The maximum absolute atomic E-state index is 12.3. The molecule has 0 bridgehead atoms. The number of alkyl halides is 2. The van der Waals surface area contributed by atoms with Gasteiger partial charge in [-0.3, -0.25) is 9.59 Å². The molecule has 1 saturated heterocycles. The van der Waals surface area contributed by atoms with Crippen LogP contribution in [0.2, 0.25) is 0 Å². The molecular formula is C23H33F3N3O3P. The molecule has 1 aliphatic heterocycles. The number of halogens is 3. The van der Waals surface area contributed by atoms with E-state index in [1.807, 2.05) is 13.8 Å². The summed E-state index contributed by atoms with van der Waals surface area (Å²) in [5.41, 5.74) is 1.38. The summed E-state index contributed by atoms with van der Waals surface area (Å²) in [5.74, 6) is -3.71. The summed E-state index contributed by atoms with van der Waals surface area (Å²) < 4.78 is 41.3. The largest absolute Gasteiger partial charge is 0.430 e. The SMILES string of the molecule is C=C(F)/C=C\C=C(/C)C(=O)N1CCN(C=O)CC1.CC.CNc1ccc(OC(F)(F)P)cc1. The maximum Gasteiger partial charge on any atom is 0.408 e. The van der Waals surface area contributed by atoms with Gasteiger partial charge in [-0.1, -0.05) is 32.6 Å². The van der Waals surface area contributed by atoms with Crippen LogP contribution in [0, 0.1) is 0 Å². The van der Waals surface area contributed by atoms with Crippen molar-refractivity contribution in [2.24, 2.45) is 0 Å². The lowest BCUT2D eigenvalue weighted by molar-refractivity contribution is -0.131. The third kappa shape index (κ3) is 13.4.